The number of phenols is 1. The number of aromatic nitrogens is 3. The molecular weight excluding hydrogens is 478 g/mol. The second-order valence-corrected chi connectivity index (χ2v) is 8.60. The van der Waals surface area contributed by atoms with E-state index in [1.165, 1.54) is 25.3 Å². The molecule has 0 aliphatic heterocycles. The normalized spacial score (nSPS) is 13.5. The fourth-order valence-electron chi connectivity index (χ4n) is 4.20. The van der Waals surface area contributed by atoms with Crippen LogP contribution in [0, 0.1) is 11.7 Å². The summed E-state index contributed by atoms with van der Waals surface area (Å²) in [7, 11) is 1.28. The number of carbonyl (C=O) groups excluding carboxylic acids is 1. The molecule has 3 aromatic carbocycles. The number of benzene rings is 3. The van der Waals surface area contributed by atoms with Gasteiger partial charge in [0.15, 0.2) is 0 Å². The highest BCUT2D eigenvalue weighted by molar-refractivity contribution is 5.75. The zero-order chi connectivity index (χ0) is 26.0. The van der Waals surface area contributed by atoms with Gasteiger partial charge in [-0.1, -0.05) is 31.2 Å². The van der Waals surface area contributed by atoms with Crippen molar-refractivity contribution in [3.05, 3.63) is 83.2 Å². The fourth-order valence-corrected chi connectivity index (χ4v) is 4.20. The number of ether oxygens (including phenoxy) is 1. The van der Waals surface area contributed by atoms with E-state index in [-0.39, 0.29) is 40.6 Å². The average Bonchev–Trinajstić information content (AvgIpc) is 3.27. The lowest BCUT2D eigenvalue weighted by Crippen LogP contribution is -2.21. The third-order valence-electron chi connectivity index (χ3n) is 6.05. The third-order valence-corrected chi connectivity index (χ3v) is 6.05. The van der Waals surface area contributed by atoms with Crippen molar-refractivity contribution in [3.8, 4) is 11.4 Å². The standard InChI is InChI=1S/C26H23F4N3O3/c1-15(19-5-3-4-6-20(19)27)11-17(25(35)36-2)12-16-7-10-24(34)23(13-16)33-31-21-9-8-18(26(28,29)30)14-22(21)32-33/h3-10,13-15,17,34H,11-12H2,1-2H3. The summed E-state index contributed by atoms with van der Waals surface area (Å²) in [5.74, 6) is -1.89. The van der Waals surface area contributed by atoms with Gasteiger partial charge in [0.1, 0.15) is 28.3 Å². The number of alkyl halides is 3. The highest BCUT2D eigenvalue weighted by atomic mass is 19.4. The summed E-state index contributed by atoms with van der Waals surface area (Å²) in [6.45, 7) is 1.82. The molecule has 0 spiro atoms. The van der Waals surface area contributed by atoms with Gasteiger partial charge in [0.2, 0.25) is 0 Å². The fraction of sp³-hybridized carbons (Fsp3) is 0.269. The zero-order valence-electron chi connectivity index (χ0n) is 19.5. The monoisotopic (exact) mass is 501 g/mol. The molecular formula is C26H23F4N3O3. The average molecular weight is 501 g/mol. The number of rotatable bonds is 7. The van der Waals surface area contributed by atoms with E-state index in [4.69, 9.17) is 4.74 Å². The van der Waals surface area contributed by atoms with Crippen LogP contribution < -0.4 is 0 Å². The van der Waals surface area contributed by atoms with Crippen LogP contribution in [0.5, 0.6) is 5.75 Å². The number of aromatic hydroxyl groups is 1. The molecule has 0 bridgehead atoms. The molecule has 36 heavy (non-hydrogen) atoms. The van der Waals surface area contributed by atoms with Crippen molar-refractivity contribution < 1.29 is 32.2 Å². The molecule has 0 aliphatic carbocycles. The Morgan fingerprint density at radius 1 is 1.06 bits per heavy atom. The van der Waals surface area contributed by atoms with E-state index < -0.39 is 23.6 Å². The van der Waals surface area contributed by atoms with Crippen LogP contribution in [0.4, 0.5) is 17.6 Å². The predicted octanol–water partition coefficient (Wildman–Crippen LogP) is 5.81. The molecule has 1 heterocycles. The van der Waals surface area contributed by atoms with Gasteiger partial charge in [-0.2, -0.15) is 13.2 Å². The molecule has 4 aromatic rings. The van der Waals surface area contributed by atoms with Crippen LogP contribution in [0.3, 0.4) is 0 Å². The van der Waals surface area contributed by atoms with Gasteiger partial charge in [0.25, 0.3) is 0 Å². The first-order valence-corrected chi connectivity index (χ1v) is 11.2. The minimum absolute atomic E-state index is 0.0146. The van der Waals surface area contributed by atoms with Gasteiger partial charge < -0.3 is 9.84 Å². The lowest BCUT2D eigenvalue weighted by Gasteiger charge is -2.20. The van der Waals surface area contributed by atoms with E-state index in [1.807, 2.05) is 6.92 Å². The molecule has 1 N–H and O–H groups in total. The van der Waals surface area contributed by atoms with E-state index >= 15 is 0 Å². The van der Waals surface area contributed by atoms with Gasteiger partial charge in [-0.05, 0) is 66.3 Å². The maximum atomic E-state index is 14.2. The Labute approximate surface area is 204 Å². The maximum Gasteiger partial charge on any atom is 0.416 e. The van der Waals surface area contributed by atoms with Gasteiger partial charge in [-0.15, -0.1) is 15.0 Å². The molecule has 0 aliphatic rings. The Morgan fingerprint density at radius 2 is 1.78 bits per heavy atom. The molecule has 0 saturated heterocycles. The maximum absolute atomic E-state index is 14.2. The summed E-state index contributed by atoms with van der Waals surface area (Å²) in [6.07, 6.45) is -3.99. The van der Waals surface area contributed by atoms with Crippen molar-refractivity contribution in [1.82, 2.24) is 15.0 Å². The third kappa shape index (κ3) is 5.32. The highest BCUT2D eigenvalue weighted by Gasteiger charge is 2.31. The van der Waals surface area contributed by atoms with Crippen LogP contribution in [-0.2, 0) is 22.1 Å². The second kappa shape index (κ2) is 9.96. The van der Waals surface area contributed by atoms with Crippen LogP contribution in [0.1, 0.15) is 36.0 Å². The number of hydrogen-bond acceptors (Lipinski definition) is 5. The molecule has 4 rings (SSSR count). The molecule has 0 radical (unpaired) electrons. The van der Waals surface area contributed by atoms with Crippen LogP contribution in [0.25, 0.3) is 16.7 Å². The van der Waals surface area contributed by atoms with Crippen molar-refractivity contribution >= 4 is 17.0 Å². The number of hydrogen-bond donors (Lipinski definition) is 1. The van der Waals surface area contributed by atoms with Crippen molar-refractivity contribution in [2.24, 2.45) is 5.92 Å². The number of phenolic OH excluding ortho intramolecular Hbond substituents is 1. The van der Waals surface area contributed by atoms with Crippen molar-refractivity contribution in [2.45, 2.75) is 31.9 Å². The summed E-state index contributed by atoms with van der Waals surface area (Å²) in [5, 5.41) is 18.7. The number of fused-ring (bicyclic) bond motifs is 1. The first-order chi connectivity index (χ1) is 17.1. The number of halogens is 4. The lowest BCUT2D eigenvalue weighted by molar-refractivity contribution is -0.145. The number of esters is 1. The Balaban J connectivity index is 1.62. The van der Waals surface area contributed by atoms with E-state index in [2.05, 4.69) is 10.2 Å². The largest absolute Gasteiger partial charge is 0.506 e. The first kappa shape index (κ1) is 25.2. The lowest BCUT2D eigenvalue weighted by atomic mass is 9.86. The molecule has 6 nitrogen and oxygen atoms in total. The summed E-state index contributed by atoms with van der Waals surface area (Å²) in [5.41, 5.74) is 0.646. The second-order valence-electron chi connectivity index (χ2n) is 8.60. The molecule has 0 saturated carbocycles. The molecule has 10 heteroatoms. The van der Waals surface area contributed by atoms with Gasteiger partial charge in [-0.25, -0.2) is 4.39 Å². The molecule has 188 valence electrons. The smallest absolute Gasteiger partial charge is 0.416 e. The minimum Gasteiger partial charge on any atom is -0.506 e. The number of nitrogens with zero attached hydrogens (tertiary/aromatic N) is 3. The van der Waals surface area contributed by atoms with Crippen molar-refractivity contribution in [2.75, 3.05) is 7.11 Å². The summed E-state index contributed by atoms with van der Waals surface area (Å²) >= 11 is 0. The number of methoxy groups -OCH3 is 1. The Hall–Kier alpha value is -3.95. The summed E-state index contributed by atoms with van der Waals surface area (Å²) < 4.78 is 58.3. The Morgan fingerprint density at radius 3 is 2.47 bits per heavy atom. The summed E-state index contributed by atoms with van der Waals surface area (Å²) in [6, 6.07) is 13.9. The molecule has 1 aromatic heterocycles. The SMILES string of the molecule is COC(=O)C(Cc1ccc(O)c(-n2nc3ccc(C(F)(F)F)cc3n2)c1)CC(C)c1ccccc1F. The highest BCUT2D eigenvalue weighted by Crippen LogP contribution is 2.32. The molecule has 2 unspecified atom stereocenters. The van der Waals surface area contributed by atoms with Crippen LogP contribution in [0.15, 0.2) is 60.7 Å². The predicted molar refractivity (Wildman–Crippen MR) is 124 cm³/mol. The molecule has 0 fully saturated rings. The van der Waals surface area contributed by atoms with E-state index in [0.717, 1.165) is 16.9 Å². The van der Waals surface area contributed by atoms with Gasteiger partial charge in [-0.3, -0.25) is 4.79 Å². The topological polar surface area (TPSA) is 77.2 Å². The minimum atomic E-state index is -4.53. The number of carbonyl (C=O) groups is 1. The summed E-state index contributed by atoms with van der Waals surface area (Å²) in [4.78, 5) is 13.6. The molecule has 2 atom stereocenters. The quantitative estimate of drug-likeness (QED) is 0.256. The Kier molecular flexibility index (Phi) is 6.96. The van der Waals surface area contributed by atoms with E-state index in [1.54, 1.807) is 30.3 Å². The van der Waals surface area contributed by atoms with Crippen molar-refractivity contribution in [1.29, 1.82) is 0 Å². The van der Waals surface area contributed by atoms with E-state index in [0.29, 0.717) is 17.5 Å². The van der Waals surface area contributed by atoms with Gasteiger partial charge >= 0.3 is 12.1 Å². The van der Waals surface area contributed by atoms with Crippen molar-refractivity contribution in [3.63, 3.8) is 0 Å². The van der Waals surface area contributed by atoms with Crippen LogP contribution >= 0.6 is 0 Å². The van der Waals surface area contributed by atoms with Gasteiger partial charge in [0, 0.05) is 0 Å². The van der Waals surface area contributed by atoms with E-state index in [9.17, 15) is 27.5 Å². The Bertz CT molecular complexity index is 1400. The first-order valence-electron chi connectivity index (χ1n) is 11.2. The zero-order valence-corrected chi connectivity index (χ0v) is 19.5. The van der Waals surface area contributed by atoms with Crippen LogP contribution in [0.2, 0.25) is 0 Å². The molecule has 0 amide bonds. The van der Waals surface area contributed by atoms with Gasteiger partial charge in [0.05, 0.1) is 18.6 Å². The van der Waals surface area contributed by atoms with Crippen LogP contribution in [-0.4, -0.2) is 33.2 Å².